The van der Waals surface area contributed by atoms with Crippen LogP contribution in [0.1, 0.15) is 44.6 Å². The molecule has 1 fully saturated rings. The van der Waals surface area contributed by atoms with Crippen LogP contribution in [0.15, 0.2) is 29.5 Å². The Morgan fingerprint density at radius 1 is 1.31 bits per heavy atom. The molecule has 1 aromatic carbocycles. The van der Waals surface area contributed by atoms with Gasteiger partial charge in [0.25, 0.3) is 0 Å². The number of carbonyl (C=O) groups is 1. The predicted octanol–water partition coefficient (Wildman–Crippen LogP) is 4.88. The molecule has 1 aliphatic heterocycles. The van der Waals surface area contributed by atoms with Crippen LogP contribution >= 0.6 is 23.2 Å². The number of ether oxygens (including phenoxy) is 2. The normalized spacial score (nSPS) is 24.0. The van der Waals surface area contributed by atoms with E-state index in [1.807, 2.05) is 19.1 Å². The lowest BCUT2D eigenvalue weighted by molar-refractivity contribution is -0.139. The van der Waals surface area contributed by atoms with Gasteiger partial charge in [-0.15, -0.1) is 0 Å². The first-order valence-electron chi connectivity index (χ1n) is 9.14. The molecule has 2 atom stereocenters. The van der Waals surface area contributed by atoms with Gasteiger partial charge in [0, 0.05) is 28.7 Å². The lowest BCUT2D eigenvalue weighted by Crippen LogP contribution is -2.39. The van der Waals surface area contributed by atoms with Crippen LogP contribution in [-0.4, -0.2) is 25.3 Å². The molecule has 1 aromatic rings. The van der Waals surface area contributed by atoms with E-state index in [1.165, 1.54) is 32.8 Å². The van der Waals surface area contributed by atoms with E-state index in [0.29, 0.717) is 34.5 Å². The average molecular weight is 398 g/mol. The monoisotopic (exact) mass is 397 g/mol. The lowest BCUT2D eigenvalue weighted by Gasteiger charge is -2.35. The molecular formula is C20H25Cl2NO3. The summed E-state index contributed by atoms with van der Waals surface area (Å²) in [6.45, 7) is 2.44. The van der Waals surface area contributed by atoms with Crippen LogP contribution in [0.2, 0.25) is 10.0 Å². The van der Waals surface area contributed by atoms with Crippen LogP contribution in [0.4, 0.5) is 0 Å². The molecule has 0 unspecified atom stereocenters. The summed E-state index contributed by atoms with van der Waals surface area (Å²) in [5.41, 5.74) is 2.41. The zero-order valence-electron chi connectivity index (χ0n) is 15.2. The molecule has 1 heterocycles. The standard InChI is InChI=1S/C20H25Cl2NO3/c1-12-19(20(24)25-2)17(10-18(26-12)13-5-3-4-6-13)23-11-14-7-8-15(21)9-16(14)22/h7-9,12-13,18,23H,3-6,10-11H2,1-2H3/t12-,18-/m0/s1. The van der Waals surface area contributed by atoms with Gasteiger partial charge in [0.15, 0.2) is 0 Å². The second-order valence-electron chi connectivity index (χ2n) is 7.04. The van der Waals surface area contributed by atoms with Gasteiger partial charge in [0.1, 0.15) is 0 Å². The van der Waals surface area contributed by atoms with Crippen LogP contribution in [0.3, 0.4) is 0 Å². The third kappa shape index (κ3) is 4.36. The molecular weight excluding hydrogens is 373 g/mol. The highest BCUT2D eigenvalue weighted by Crippen LogP contribution is 2.37. The Morgan fingerprint density at radius 3 is 2.69 bits per heavy atom. The second-order valence-corrected chi connectivity index (χ2v) is 7.88. The Labute approximate surface area is 164 Å². The second kappa shape index (κ2) is 8.64. The average Bonchev–Trinajstić information content (AvgIpc) is 3.14. The highest BCUT2D eigenvalue weighted by atomic mass is 35.5. The number of rotatable bonds is 5. The number of benzene rings is 1. The number of methoxy groups -OCH3 is 1. The molecule has 0 saturated heterocycles. The van der Waals surface area contributed by atoms with Gasteiger partial charge in [-0.3, -0.25) is 0 Å². The first-order chi connectivity index (χ1) is 12.5. The van der Waals surface area contributed by atoms with Crippen LogP contribution in [0.25, 0.3) is 0 Å². The zero-order valence-corrected chi connectivity index (χ0v) is 16.7. The summed E-state index contributed by atoms with van der Waals surface area (Å²) < 4.78 is 11.2. The quantitative estimate of drug-likeness (QED) is 0.719. The fraction of sp³-hybridized carbons (Fsp3) is 0.550. The number of hydrogen-bond donors (Lipinski definition) is 1. The summed E-state index contributed by atoms with van der Waals surface area (Å²) in [5, 5.41) is 4.63. The fourth-order valence-corrected chi connectivity index (χ4v) is 4.45. The Hall–Kier alpha value is -1.23. The van der Waals surface area contributed by atoms with Crippen molar-refractivity contribution >= 4 is 29.2 Å². The minimum Gasteiger partial charge on any atom is -0.466 e. The Morgan fingerprint density at radius 2 is 2.04 bits per heavy atom. The van der Waals surface area contributed by atoms with Gasteiger partial charge < -0.3 is 14.8 Å². The molecule has 1 saturated carbocycles. The molecule has 142 valence electrons. The summed E-state index contributed by atoms with van der Waals surface area (Å²) in [6.07, 6.45) is 5.47. The lowest BCUT2D eigenvalue weighted by atomic mass is 9.91. The molecule has 1 aliphatic carbocycles. The van der Waals surface area contributed by atoms with Crippen molar-refractivity contribution in [2.45, 2.75) is 57.8 Å². The van der Waals surface area contributed by atoms with E-state index in [0.717, 1.165) is 11.3 Å². The topological polar surface area (TPSA) is 47.6 Å². The molecule has 0 spiro atoms. The minimum atomic E-state index is -0.341. The first-order valence-corrected chi connectivity index (χ1v) is 9.89. The van der Waals surface area contributed by atoms with Gasteiger partial charge in [-0.2, -0.15) is 0 Å². The van der Waals surface area contributed by atoms with Crippen molar-refractivity contribution in [3.05, 3.63) is 45.1 Å². The summed E-state index contributed by atoms with van der Waals surface area (Å²) in [4.78, 5) is 12.3. The predicted molar refractivity (Wildman–Crippen MR) is 103 cm³/mol. The van der Waals surface area contributed by atoms with Crippen molar-refractivity contribution in [3.63, 3.8) is 0 Å². The van der Waals surface area contributed by atoms with Crippen molar-refractivity contribution < 1.29 is 14.3 Å². The van der Waals surface area contributed by atoms with E-state index >= 15 is 0 Å². The van der Waals surface area contributed by atoms with E-state index in [9.17, 15) is 4.79 Å². The Bertz CT molecular complexity index is 698. The van der Waals surface area contributed by atoms with Crippen molar-refractivity contribution in [2.24, 2.45) is 5.92 Å². The zero-order chi connectivity index (χ0) is 18.7. The van der Waals surface area contributed by atoms with Gasteiger partial charge in [-0.1, -0.05) is 42.1 Å². The summed E-state index contributed by atoms with van der Waals surface area (Å²) in [6, 6.07) is 5.44. The molecule has 0 bridgehead atoms. The van der Waals surface area contributed by atoms with E-state index in [4.69, 9.17) is 32.7 Å². The van der Waals surface area contributed by atoms with Crippen molar-refractivity contribution in [1.82, 2.24) is 5.32 Å². The van der Waals surface area contributed by atoms with Gasteiger partial charge in [0.2, 0.25) is 0 Å². The molecule has 6 heteroatoms. The first kappa shape index (κ1) is 19.5. The minimum absolute atomic E-state index is 0.143. The van der Waals surface area contributed by atoms with Crippen LogP contribution < -0.4 is 5.32 Å². The van der Waals surface area contributed by atoms with Gasteiger partial charge in [-0.25, -0.2) is 4.79 Å². The molecule has 1 N–H and O–H groups in total. The maximum absolute atomic E-state index is 12.3. The smallest absolute Gasteiger partial charge is 0.338 e. The molecule has 0 aromatic heterocycles. The van der Waals surface area contributed by atoms with Gasteiger partial charge in [-0.05, 0) is 43.4 Å². The molecule has 4 nitrogen and oxygen atoms in total. The van der Waals surface area contributed by atoms with E-state index < -0.39 is 0 Å². The Balaban J connectivity index is 1.80. The number of halogens is 2. The highest BCUT2D eigenvalue weighted by molar-refractivity contribution is 6.35. The third-order valence-corrected chi connectivity index (χ3v) is 5.94. The van der Waals surface area contributed by atoms with Gasteiger partial charge in [0.05, 0.1) is 24.9 Å². The Kier molecular flexibility index (Phi) is 6.49. The summed E-state index contributed by atoms with van der Waals surface area (Å²) in [7, 11) is 1.40. The SMILES string of the molecule is COC(=O)C1=C(NCc2ccc(Cl)cc2Cl)C[C@@H](C2CCCC2)O[C@H]1C. The van der Waals surface area contributed by atoms with E-state index in [1.54, 1.807) is 6.07 Å². The molecule has 26 heavy (non-hydrogen) atoms. The number of esters is 1. The van der Waals surface area contributed by atoms with Crippen molar-refractivity contribution in [2.75, 3.05) is 7.11 Å². The largest absolute Gasteiger partial charge is 0.466 e. The van der Waals surface area contributed by atoms with Crippen LogP contribution in [0, 0.1) is 5.92 Å². The molecule has 3 rings (SSSR count). The van der Waals surface area contributed by atoms with E-state index in [2.05, 4.69) is 5.32 Å². The maximum atomic E-state index is 12.3. The van der Waals surface area contributed by atoms with Gasteiger partial charge >= 0.3 is 5.97 Å². The molecule has 2 aliphatic rings. The highest BCUT2D eigenvalue weighted by Gasteiger charge is 2.36. The number of carbonyl (C=O) groups excluding carboxylic acids is 1. The number of hydrogen-bond acceptors (Lipinski definition) is 4. The maximum Gasteiger partial charge on any atom is 0.338 e. The van der Waals surface area contributed by atoms with Crippen LogP contribution in [-0.2, 0) is 20.8 Å². The van der Waals surface area contributed by atoms with Crippen LogP contribution in [0.5, 0.6) is 0 Å². The fourth-order valence-electron chi connectivity index (χ4n) is 3.98. The number of nitrogens with one attached hydrogen (secondary N) is 1. The molecule has 0 amide bonds. The van der Waals surface area contributed by atoms with E-state index in [-0.39, 0.29) is 18.2 Å². The van der Waals surface area contributed by atoms with Crippen molar-refractivity contribution in [1.29, 1.82) is 0 Å². The summed E-state index contributed by atoms with van der Waals surface area (Å²) >= 11 is 12.2. The van der Waals surface area contributed by atoms with Crippen molar-refractivity contribution in [3.8, 4) is 0 Å². The third-order valence-electron chi connectivity index (χ3n) is 5.35. The molecule has 0 radical (unpaired) electrons. The summed E-state index contributed by atoms with van der Waals surface area (Å²) in [5.74, 6) is 0.222.